The number of nitrogens with zero attached hydrogens (tertiary/aromatic N) is 2. The van der Waals surface area contributed by atoms with Crippen molar-refractivity contribution in [2.45, 2.75) is 53.1 Å². The van der Waals surface area contributed by atoms with Crippen LogP contribution in [-0.4, -0.2) is 41.4 Å². The van der Waals surface area contributed by atoms with Crippen molar-refractivity contribution < 1.29 is 9.18 Å². The Hall–Kier alpha value is -1.72. The second kappa shape index (κ2) is 9.40. The first-order valence-corrected chi connectivity index (χ1v) is 11.5. The summed E-state index contributed by atoms with van der Waals surface area (Å²) in [7, 11) is 0. The van der Waals surface area contributed by atoms with Crippen molar-refractivity contribution >= 4 is 17.2 Å². The average molecular weight is 417 g/mol. The summed E-state index contributed by atoms with van der Waals surface area (Å²) < 4.78 is 14.0. The van der Waals surface area contributed by atoms with Gasteiger partial charge in [0.1, 0.15) is 5.82 Å². The van der Waals surface area contributed by atoms with Crippen LogP contribution in [0.5, 0.6) is 0 Å². The molecular weight excluding hydrogens is 383 g/mol. The molecule has 0 spiro atoms. The van der Waals surface area contributed by atoms with Gasteiger partial charge in [0.25, 0.3) is 0 Å². The van der Waals surface area contributed by atoms with E-state index in [-0.39, 0.29) is 29.6 Å². The zero-order valence-electron chi connectivity index (χ0n) is 18.2. The lowest BCUT2D eigenvalue weighted by Gasteiger charge is -2.33. The Kier molecular flexibility index (Phi) is 7.12. The normalized spacial score (nSPS) is 20.0. The van der Waals surface area contributed by atoms with E-state index >= 15 is 0 Å². The number of aryl methyl sites for hydroxylation is 1. The quantitative estimate of drug-likeness (QED) is 0.611. The number of rotatable bonds is 7. The molecule has 5 heteroatoms. The van der Waals surface area contributed by atoms with Crippen LogP contribution in [0.4, 0.5) is 4.39 Å². The summed E-state index contributed by atoms with van der Waals surface area (Å²) in [5.74, 6) is 0.518. The molecule has 0 unspecified atom stereocenters. The zero-order chi connectivity index (χ0) is 21.1. The van der Waals surface area contributed by atoms with Crippen LogP contribution < -0.4 is 0 Å². The van der Waals surface area contributed by atoms with Crippen LogP contribution in [0.25, 0.3) is 0 Å². The van der Waals surface area contributed by atoms with Gasteiger partial charge in [-0.05, 0) is 61.4 Å². The van der Waals surface area contributed by atoms with Gasteiger partial charge < -0.3 is 4.90 Å². The molecule has 0 radical (unpaired) electrons. The van der Waals surface area contributed by atoms with Crippen molar-refractivity contribution in [3.05, 3.63) is 57.5 Å². The Morgan fingerprint density at radius 1 is 1.24 bits per heavy atom. The highest BCUT2D eigenvalue weighted by Gasteiger charge is 2.37. The molecule has 0 saturated carbocycles. The number of thiophene rings is 1. The van der Waals surface area contributed by atoms with Gasteiger partial charge in [0.05, 0.1) is 0 Å². The lowest BCUT2D eigenvalue weighted by molar-refractivity contribution is -0.136. The van der Waals surface area contributed by atoms with Gasteiger partial charge in [0, 0.05) is 48.9 Å². The summed E-state index contributed by atoms with van der Waals surface area (Å²) in [4.78, 5) is 18.7. The molecule has 1 saturated heterocycles. The number of halogens is 1. The summed E-state index contributed by atoms with van der Waals surface area (Å²) in [6, 6.07) is 9.33. The Morgan fingerprint density at radius 2 is 2.00 bits per heavy atom. The number of amides is 1. The molecule has 1 aliphatic rings. The van der Waals surface area contributed by atoms with Gasteiger partial charge in [-0.15, -0.1) is 11.3 Å². The van der Waals surface area contributed by atoms with Crippen molar-refractivity contribution in [2.75, 3.05) is 19.6 Å². The average Bonchev–Trinajstić information content (AvgIpc) is 3.25. The van der Waals surface area contributed by atoms with Gasteiger partial charge in [0.15, 0.2) is 0 Å². The van der Waals surface area contributed by atoms with E-state index in [4.69, 9.17) is 0 Å². The van der Waals surface area contributed by atoms with Gasteiger partial charge in [0.2, 0.25) is 5.91 Å². The summed E-state index contributed by atoms with van der Waals surface area (Å²) in [6.45, 7) is 13.7. The molecule has 1 amide bonds. The lowest BCUT2D eigenvalue weighted by Crippen LogP contribution is -2.43. The minimum Gasteiger partial charge on any atom is -0.340 e. The molecule has 3 nitrogen and oxygen atoms in total. The number of benzene rings is 1. The SMILES string of the molecule is Cc1ccsc1CN1C[C@H](CN(C(=O)C(C)C)C(C)C)[C@H](c2cccc(F)c2)C1. The van der Waals surface area contributed by atoms with Crippen LogP contribution in [0.15, 0.2) is 35.7 Å². The van der Waals surface area contributed by atoms with Crippen molar-refractivity contribution in [3.63, 3.8) is 0 Å². The van der Waals surface area contributed by atoms with E-state index in [0.29, 0.717) is 5.92 Å². The maximum absolute atomic E-state index is 14.0. The van der Waals surface area contributed by atoms with E-state index in [0.717, 1.165) is 31.7 Å². The maximum Gasteiger partial charge on any atom is 0.225 e. The van der Waals surface area contributed by atoms with Gasteiger partial charge in [-0.1, -0.05) is 26.0 Å². The Labute approximate surface area is 178 Å². The fraction of sp³-hybridized carbons (Fsp3) is 0.542. The minimum absolute atomic E-state index is 0.0173. The topological polar surface area (TPSA) is 23.6 Å². The molecule has 2 atom stereocenters. The molecule has 0 bridgehead atoms. The van der Waals surface area contributed by atoms with Gasteiger partial charge in [-0.2, -0.15) is 0 Å². The highest BCUT2D eigenvalue weighted by molar-refractivity contribution is 7.10. The van der Waals surface area contributed by atoms with Crippen LogP contribution in [-0.2, 0) is 11.3 Å². The largest absolute Gasteiger partial charge is 0.340 e. The number of hydrogen-bond donors (Lipinski definition) is 0. The monoisotopic (exact) mass is 416 g/mol. The molecule has 1 fully saturated rings. The van der Waals surface area contributed by atoms with Crippen LogP contribution in [0.2, 0.25) is 0 Å². The molecule has 2 aromatic rings. The minimum atomic E-state index is -0.187. The van der Waals surface area contributed by atoms with Crippen LogP contribution in [0.3, 0.4) is 0 Å². The molecule has 0 aliphatic carbocycles. The highest BCUT2D eigenvalue weighted by atomic mass is 32.1. The first kappa shape index (κ1) is 22.0. The van der Waals surface area contributed by atoms with Gasteiger partial charge >= 0.3 is 0 Å². The lowest BCUT2D eigenvalue weighted by atomic mass is 9.88. The molecule has 3 rings (SSSR count). The second-order valence-electron chi connectivity index (χ2n) is 8.88. The predicted molar refractivity (Wildman–Crippen MR) is 119 cm³/mol. The summed E-state index contributed by atoms with van der Waals surface area (Å²) in [5, 5.41) is 2.14. The number of hydrogen-bond acceptors (Lipinski definition) is 3. The van der Waals surface area contributed by atoms with Gasteiger partial charge in [-0.25, -0.2) is 4.39 Å². The van der Waals surface area contributed by atoms with E-state index in [1.807, 2.05) is 24.8 Å². The van der Waals surface area contributed by atoms with Crippen molar-refractivity contribution in [1.82, 2.24) is 9.80 Å². The van der Waals surface area contributed by atoms with E-state index < -0.39 is 0 Å². The molecule has 1 aromatic carbocycles. The molecular formula is C24H33FN2OS. The Balaban J connectivity index is 1.84. The third-order valence-electron chi connectivity index (χ3n) is 5.96. The van der Waals surface area contributed by atoms with Crippen molar-refractivity contribution in [1.29, 1.82) is 0 Å². The summed E-state index contributed by atoms with van der Waals surface area (Å²) >= 11 is 1.80. The molecule has 0 N–H and O–H groups in total. The molecule has 2 heterocycles. The highest BCUT2D eigenvalue weighted by Crippen LogP contribution is 2.35. The first-order valence-electron chi connectivity index (χ1n) is 10.6. The van der Waals surface area contributed by atoms with E-state index in [1.165, 1.54) is 16.5 Å². The van der Waals surface area contributed by atoms with Crippen molar-refractivity contribution in [3.8, 4) is 0 Å². The molecule has 1 aromatic heterocycles. The summed E-state index contributed by atoms with van der Waals surface area (Å²) in [5.41, 5.74) is 2.38. The third-order valence-corrected chi connectivity index (χ3v) is 6.97. The number of likely N-dealkylation sites (tertiary alicyclic amines) is 1. The Bertz CT molecular complexity index is 832. The van der Waals surface area contributed by atoms with E-state index in [1.54, 1.807) is 23.5 Å². The van der Waals surface area contributed by atoms with Crippen LogP contribution in [0.1, 0.15) is 49.6 Å². The standard InChI is InChI=1S/C24H33FN2OS/c1-16(2)24(28)27(17(3)4)13-20-12-26(15-23-18(5)9-10-29-23)14-22(20)19-7-6-8-21(25)11-19/h6-11,16-17,20,22H,12-15H2,1-5H3/t20-,22+/m1/s1. The smallest absolute Gasteiger partial charge is 0.225 e. The predicted octanol–water partition coefficient (Wildman–Crippen LogP) is 5.30. The number of carbonyl (C=O) groups is 1. The first-order chi connectivity index (χ1) is 13.8. The third kappa shape index (κ3) is 5.26. The molecule has 29 heavy (non-hydrogen) atoms. The molecule has 1 aliphatic heterocycles. The maximum atomic E-state index is 14.0. The van der Waals surface area contributed by atoms with E-state index in [9.17, 15) is 9.18 Å². The Morgan fingerprint density at radius 3 is 2.59 bits per heavy atom. The van der Waals surface area contributed by atoms with Crippen molar-refractivity contribution in [2.24, 2.45) is 11.8 Å². The summed E-state index contributed by atoms with van der Waals surface area (Å²) in [6.07, 6.45) is 0. The van der Waals surface area contributed by atoms with Gasteiger partial charge in [-0.3, -0.25) is 9.69 Å². The fourth-order valence-corrected chi connectivity index (χ4v) is 5.25. The van der Waals surface area contributed by atoms with E-state index in [2.05, 4.69) is 37.1 Å². The zero-order valence-corrected chi connectivity index (χ0v) is 19.0. The fourth-order valence-electron chi connectivity index (χ4n) is 4.30. The molecule has 158 valence electrons. The van der Waals surface area contributed by atoms with Crippen LogP contribution in [0, 0.1) is 24.6 Å². The number of carbonyl (C=O) groups excluding carboxylic acids is 1. The second-order valence-corrected chi connectivity index (χ2v) is 9.88. The van der Waals surface area contributed by atoms with Crippen LogP contribution >= 0.6 is 11.3 Å².